The van der Waals surface area contributed by atoms with Crippen LogP contribution in [-0.2, 0) is 4.79 Å². The monoisotopic (exact) mass is 335 g/mol. The molecule has 2 heterocycles. The summed E-state index contributed by atoms with van der Waals surface area (Å²) in [6.07, 6.45) is 4.18. The number of thiazole rings is 1. The van der Waals surface area contributed by atoms with Crippen molar-refractivity contribution in [3.8, 4) is 0 Å². The predicted molar refractivity (Wildman–Crippen MR) is 90.2 cm³/mol. The van der Waals surface area contributed by atoms with Crippen LogP contribution in [-0.4, -0.2) is 40.8 Å². The van der Waals surface area contributed by atoms with Crippen molar-refractivity contribution < 1.29 is 9.59 Å². The molecule has 1 aromatic rings. The topological polar surface area (TPSA) is 62.3 Å². The Hall–Kier alpha value is -1.43. The lowest BCUT2D eigenvalue weighted by molar-refractivity contribution is -0.132. The molecule has 2 atom stereocenters. The summed E-state index contributed by atoms with van der Waals surface area (Å²) >= 11 is 1.37. The molecular weight excluding hydrogens is 310 g/mol. The minimum Gasteiger partial charge on any atom is -0.349 e. The maximum Gasteiger partial charge on any atom is 0.263 e. The number of nitrogens with zero attached hydrogens (tertiary/aromatic N) is 2. The average Bonchev–Trinajstić information content (AvgIpc) is 3.11. The van der Waals surface area contributed by atoms with Crippen LogP contribution in [0.5, 0.6) is 0 Å². The van der Waals surface area contributed by atoms with Gasteiger partial charge < -0.3 is 10.2 Å². The smallest absolute Gasteiger partial charge is 0.263 e. The number of carbonyl (C=O) groups excluding carboxylic acids is 2. The highest BCUT2D eigenvalue weighted by atomic mass is 32.1. The van der Waals surface area contributed by atoms with Gasteiger partial charge in [-0.25, -0.2) is 0 Å². The summed E-state index contributed by atoms with van der Waals surface area (Å²) in [7, 11) is 0. The Morgan fingerprint density at radius 1 is 1.30 bits per heavy atom. The molecule has 126 valence electrons. The summed E-state index contributed by atoms with van der Waals surface area (Å²) in [4.78, 5) is 31.1. The molecule has 1 N–H and O–H groups in total. The van der Waals surface area contributed by atoms with E-state index in [9.17, 15) is 9.59 Å². The third-order valence-corrected chi connectivity index (χ3v) is 5.55. The second-order valence-electron chi connectivity index (χ2n) is 8.06. The molecule has 2 unspecified atom stereocenters. The van der Waals surface area contributed by atoms with Gasteiger partial charge in [0.25, 0.3) is 5.91 Å². The third kappa shape index (κ3) is 3.91. The predicted octanol–water partition coefficient (Wildman–Crippen LogP) is 2.55. The fourth-order valence-corrected chi connectivity index (χ4v) is 4.29. The maximum absolute atomic E-state index is 12.4. The number of aromatic nitrogens is 1. The number of amides is 2. The molecule has 1 saturated heterocycles. The number of rotatable bonds is 3. The van der Waals surface area contributed by atoms with Gasteiger partial charge in [-0.1, -0.05) is 20.8 Å². The highest BCUT2D eigenvalue weighted by molar-refractivity contribution is 7.11. The SMILES string of the molecule is CC(C)(C)CC(=O)N1CC2CC(NC(=O)c3cncs3)CC2C1. The van der Waals surface area contributed by atoms with Gasteiger partial charge in [0.05, 0.1) is 11.7 Å². The Labute approximate surface area is 141 Å². The van der Waals surface area contributed by atoms with E-state index in [4.69, 9.17) is 0 Å². The maximum atomic E-state index is 12.4. The van der Waals surface area contributed by atoms with Crippen LogP contribution in [0.25, 0.3) is 0 Å². The molecule has 23 heavy (non-hydrogen) atoms. The first-order chi connectivity index (χ1) is 10.8. The highest BCUT2D eigenvalue weighted by Gasteiger charge is 2.43. The molecule has 3 rings (SSSR count). The van der Waals surface area contributed by atoms with E-state index in [0.29, 0.717) is 23.1 Å². The Balaban J connectivity index is 1.50. The lowest BCUT2D eigenvalue weighted by Crippen LogP contribution is -2.36. The van der Waals surface area contributed by atoms with Crippen LogP contribution >= 0.6 is 11.3 Å². The van der Waals surface area contributed by atoms with Crippen molar-refractivity contribution in [1.29, 1.82) is 0 Å². The van der Waals surface area contributed by atoms with E-state index in [1.807, 2.05) is 4.90 Å². The molecule has 1 aliphatic heterocycles. The van der Waals surface area contributed by atoms with Gasteiger partial charge in [0.15, 0.2) is 0 Å². The number of hydrogen-bond acceptors (Lipinski definition) is 4. The lowest BCUT2D eigenvalue weighted by Gasteiger charge is -2.24. The number of nitrogens with one attached hydrogen (secondary N) is 1. The summed E-state index contributed by atoms with van der Waals surface area (Å²) in [5.74, 6) is 1.33. The van der Waals surface area contributed by atoms with E-state index in [0.717, 1.165) is 25.9 Å². The van der Waals surface area contributed by atoms with Crippen molar-refractivity contribution >= 4 is 23.2 Å². The molecule has 1 saturated carbocycles. The summed E-state index contributed by atoms with van der Waals surface area (Å²) in [5, 5.41) is 3.12. The number of hydrogen-bond donors (Lipinski definition) is 1. The molecule has 5 nitrogen and oxygen atoms in total. The zero-order valence-corrected chi connectivity index (χ0v) is 14.9. The van der Waals surface area contributed by atoms with Crippen LogP contribution in [0.1, 0.15) is 49.7 Å². The Bertz CT molecular complexity index is 565. The van der Waals surface area contributed by atoms with E-state index in [1.54, 1.807) is 11.7 Å². The first-order valence-electron chi connectivity index (χ1n) is 8.29. The van der Waals surface area contributed by atoms with Crippen molar-refractivity contribution in [1.82, 2.24) is 15.2 Å². The van der Waals surface area contributed by atoms with Crippen molar-refractivity contribution in [3.63, 3.8) is 0 Å². The van der Waals surface area contributed by atoms with E-state index < -0.39 is 0 Å². The van der Waals surface area contributed by atoms with Crippen LogP contribution in [0.3, 0.4) is 0 Å². The van der Waals surface area contributed by atoms with Gasteiger partial charge in [-0.05, 0) is 30.1 Å². The first-order valence-corrected chi connectivity index (χ1v) is 9.17. The quantitative estimate of drug-likeness (QED) is 0.923. The Morgan fingerprint density at radius 3 is 2.48 bits per heavy atom. The van der Waals surface area contributed by atoms with Crippen LogP contribution in [0.15, 0.2) is 11.7 Å². The normalized spacial score (nSPS) is 27.1. The second kappa shape index (κ2) is 6.23. The molecule has 0 spiro atoms. The van der Waals surface area contributed by atoms with Gasteiger partial charge in [0, 0.05) is 25.6 Å². The summed E-state index contributed by atoms with van der Waals surface area (Å²) in [6.45, 7) is 8.02. The Kier molecular flexibility index (Phi) is 4.45. The number of likely N-dealkylation sites (tertiary alicyclic amines) is 1. The van der Waals surface area contributed by atoms with Crippen LogP contribution < -0.4 is 5.32 Å². The van der Waals surface area contributed by atoms with Crippen molar-refractivity contribution in [2.45, 2.75) is 46.1 Å². The third-order valence-electron chi connectivity index (χ3n) is 4.78. The van der Waals surface area contributed by atoms with E-state index >= 15 is 0 Å². The molecule has 2 amide bonds. The molecular formula is C17H25N3O2S. The summed E-state index contributed by atoms with van der Waals surface area (Å²) in [5.41, 5.74) is 1.72. The average molecular weight is 335 g/mol. The number of carbonyl (C=O) groups is 2. The molecule has 6 heteroatoms. The zero-order chi connectivity index (χ0) is 16.6. The molecule has 0 aromatic carbocycles. The van der Waals surface area contributed by atoms with Gasteiger partial charge in [-0.3, -0.25) is 14.6 Å². The molecule has 2 aliphatic rings. The largest absolute Gasteiger partial charge is 0.349 e. The molecule has 1 aliphatic carbocycles. The summed E-state index contributed by atoms with van der Waals surface area (Å²) in [6, 6.07) is 0.236. The minimum absolute atomic E-state index is 0.0156. The van der Waals surface area contributed by atoms with E-state index in [-0.39, 0.29) is 23.3 Å². The Morgan fingerprint density at radius 2 is 1.96 bits per heavy atom. The van der Waals surface area contributed by atoms with Gasteiger partial charge in [0.2, 0.25) is 5.91 Å². The van der Waals surface area contributed by atoms with Gasteiger partial charge in [-0.15, -0.1) is 11.3 Å². The van der Waals surface area contributed by atoms with Gasteiger partial charge >= 0.3 is 0 Å². The van der Waals surface area contributed by atoms with Gasteiger partial charge in [-0.2, -0.15) is 0 Å². The molecule has 0 bridgehead atoms. The van der Waals surface area contributed by atoms with Crippen molar-refractivity contribution in [2.24, 2.45) is 17.3 Å². The molecule has 2 fully saturated rings. The van der Waals surface area contributed by atoms with E-state index in [1.165, 1.54) is 11.3 Å². The molecule has 1 aromatic heterocycles. The minimum atomic E-state index is -0.0156. The number of fused-ring (bicyclic) bond motifs is 1. The van der Waals surface area contributed by atoms with Crippen LogP contribution in [0, 0.1) is 17.3 Å². The fraction of sp³-hybridized carbons (Fsp3) is 0.706. The van der Waals surface area contributed by atoms with Gasteiger partial charge in [0.1, 0.15) is 4.88 Å². The van der Waals surface area contributed by atoms with Crippen LogP contribution in [0.2, 0.25) is 0 Å². The summed E-state index contributed by atoms with van der Waals surface area (Å²) < 4.78 is 0. The van der Waals surface area contributed by atoms with Crippen LogP contribution in [0.4, 0.5) is 0 Å². The highest BCUT2D eigenvalue weighted by Crippen LogP contribution is 2.39. The fourth-order valence-electron chi connectivity index (χ4n) is 3.77. The molecule has 0 radical (unpaired) electrons. The standard InChI is InChI=1S/C17H25N3O2S/c1-17(2,3)6-15(21)20-8-11-4-13(5-12(11)9-20)19-16(22)14-7-18-10-23-14/h7,10-13H,4-6,8-9H2,1-3H3,(H,19,22). The lowest BCUT2D eigenvalue weighted by atomic mass is 9.91. The van der Waals surface area contributed by atoms with Crippen molar-refractivity contribution in [2.75, 3.05) is 13.1 Å². The van der Waals surface area contributed by atoms with E-state index in [2.05, 4.69) is 31.1 Å². The first kappa shape index (κ1) is 16.4. The van der Waals surface area contributed by atoms with Crippen molar-refractivity contribution in [3.05, 3.63) is 16.6 Å². The second-order valence-corrected chi connectivity index (χ2v) is 8.95. The zero-order valence-electron chi connectivity index (χ0n) is 14.0.